The fourth-order valence-corrected chi connectivity index (χ4v) is 2.14. The monoisotopic (exact) mass is 333 g/mol. The van der Waals surface area contributed by atoms with E-state index in [1.165, 1.54) is 0 Å². The highest BCUT2D eigenvalue weighted by Gasteiger charge is 2.27. The number of aliphatic hydroxyl groups is 1. The van der Waals surface area contributed by atoms with Crippen molar-refractivity contribution in [1.29, 1.82) is 0 Å². The van der Waals surface area contributed by atoms with Gasteiger partial charge in [-0.1, -0.05) is 25.4 Å². The van der Waals surface area contributed by atoms with E-state index >= 15 is 0 Å². The smallest absolute Gasteiger partial charge is 0.251 e. The van der Waals surface area contributed by atoms with Gasteiger partial charge in [0.1, 0.15) is 0 Å². The van der Waals surface area contributed by atoms with Gasteiger partial charge < -0.3 is 10.4 Å². The number of halogens is 2. The van der Waals surface area contributed by atoms with Crippen LogP contribution in [0.3, 0.4) is 0 Å². The lowest BCUT2D eigenvalue weighted by molar-refractivity contribution is 0.0818. The van der Waals surface area contributed by atoms with Crippen LogP contribution in [0, 0.1) is 0 Å². The summed E-state index contributed by atoms with van der Waals surface area (Å²) in [7, 11) is 0. The second-order valence-electron chi connectivity index (χ2n) is 4.23. The van der Waals surface area contributed by atoms with E-state index in [0.717, 1.165) is 0 Å². The predicted octanol–water partition coefficient (Wildman–Crippen LogP) is 3.38. The predicted molar refractivity (Wildman–Crippen MR) is 77.0 cm³/mol. The van der Waals surface area contributed by atoms with Gasteiger partial charge in [0.15, 0.2) is 0 Å². The minimum atomic E-state index is -0.552. The lowest BCUT2D eigenvalue weighted by atomic mass is 9.93. The molecular formula is C13H17BrClNO2. The van der Waals surface area contributed by atoms with E-state index in [0.29, 0.717) is 27.9 Å². The minimum Gasteiger partial charge on any atom is -0.394 e. The Kier molecular flexibility index (Phi) is 5.63. The fraction of sp³-hybridized carbons (Fsp3) is 0.462. The molecule has 0 aliphatic carbocycles. The second-order valence-corrected chi connectivity index (χ2v) is 5.49. The zero-order chi connectivity index (χ0) is 13.8. The van der Waals surface area contributed by atoms with Gasteiger partial charge in [0.25, 0.3) is 5.91 Å². The van der Waals surface area contributed by atoms with Crippen LogP contribution in [0.25, 0.3) is 0 Å². The van der Waals surface area contributed by atoms with Crippen molar-refractivity contribution in [2.75, 3.05) is 6.61 Å². The number of carbonyl (C=O) groups is 1. The Bertz CT molecular complexity index is 425. The molecule has 0 saturated carbocycles. The molecule has 0 aliphatic rings. The van der Waals surface area contributed by atoms with Crippen LogP contribution in [-0.2, 0) is 0 Å². The van der Waals surface area contributed by atoms with E-state index in [1.807, 2.05) is 13.8 Å². The summed E-state index contributed by atoms with van der Waals surface area (Å²) in [5, 5.41) is 12.9. The van der Waals surface area contributed by atoms with Gasteiger partial charge in [0.2, 0.25) is 0 Å². The number of benzene rings is 1. The number of nitrogens with one attached hydrogen (secondary N) is 1. The van der Waals surface area contributed by atoms with Crippen LogP contribution in [0.5, 0.6) is 0 Å². The highest BCUT2D eigenvalue weighted by Crippen LogP contribution is 2.24. The summed E-state index contributed by atoms with van der Waals surface area (Å²) in [6.45, 7) is 3.82. The highest BCUT2D eigenvalue weighted by molar-refractivity contribution is 9.10. The van der Waals surface area contributed by atoms with E-state index in [2.05, 4.69) is 21.2 Å². The highest BCUT2D eigenvalue weighted by atomic mass is 79.9. The molecule has 2 N–H and O–H groups in total. The van der Waals surface area contributed by atoms with Crippen LogP contribution in [0.1, 0.15) is 37.0 Å². The van der Waals surface area contributed by atoms with Crippen molar-refractivity contribution in [3.8, 4) is 0 Å². The largest absolute Gasteiger partial charge is 0.394 e. The first-order chi connectivity index (χ1) is 8.48. The summed E-state index contributed by atoms with van der Waals surface area (Å²) in [4.78, 5) is 12.1. The third-order valence-corrected chi connectivity index (χ3v) is 4.43. The van der Waals surface area contributed by atoms with Crippen molar-refractivity contribution in [3.63, 3.8) is 0 Å². The maximum absolute atomic E-state index is 12.1. The molecule has 18 heavy (non-hydrogen) atoms. The van der Waals surface area contributed by atoms with Crippen LogP contribution in [0.4, 0.5) is 0 Å². The van der Waals surface area contributed by atoms with E-state index in [4.69, 9.17) is 11.6 Å². The molecule has 0 bridgehead atoms. The molecule has 0 atom stereocenters. The average molecular weight is 335 g/mol. The van der Waals surface area contributed by atoms with E-state index in [9.17, 15) is 9.90 Å². The maximum atomic E-state index is 12.1. The molecule has 0 fully saturated rings. The van der Waals surface area contributed by atoms with Crippen LogP contribution in [0.15, 0.2) is 22.7 Å². The third-order valence-electron chi connectivity index (χ3n) is 3.22. The summed E-state index contributed by atoms with van der Waals surface area (Å²) in [5.41, 5.74) is -0.0329. The van der Waals surface area contributed by atoms with E-state index in [1.54, 1.807) is 18.2 Å². The third kappa shape index (κ3) is 3.46. The Morgan fingerprint density at radius 3 is 2.50 bits per heavy atom. The quantitative estimate of drug-likeness (QED) is 0.867. The van der Waals surface area contributed by atoms with Crippen molar-refractivity contribution in [1.82, 2.24) is 5.32 Å². The number of hydrogen-bond donors (Lipinski definition) is 2. The zero-order valence-electron chi connectivity index (χ0n) is 10.5. The van der Waals surface area contributed by atoms with Crippen LogP contribution < -0.4 is 5.32 Å². The zero-order valence-corrected chi connectivity index (χ0v) is 12.8. The van der Waals surface area contributed by atoms with Crippen molar-refractivity contribution in [3.05, 3.63) is 33.3 Å². The van der Waals surface area contributed by atoms with Gasteiger partial charge in [-0.3, -0.25) is 4.79 Å². The first-order valence-corrected chi connectivity index (χ1v) is 7.03. The van der Waals surface area contributed by atoms with Crippen LogP contribution >= 0.6 is 27.5 Å². The topological polar surface area (TPSA) is 49.3 Å². The lowest BCUT2D eigenvalue weighted by Crippen LogP contribution is -2.50. The summed E-state index contributed by atoms with van der Waals surface area (Å²) in [6, 6.07) is 5.00. The molecule has 0 radical (unpaired) electrons. The molecule has 0 aromatic heterocycles. The van der Waals surface area contributed by atoms with Crippen molar-refractivity contribution < 1.29 is 9.90 Å². The molecule has 0 heterocycles. The molecule has 0 spiro atoms. The van der Waals surface area contributed by atoms with Gasteiger partial charge in [-0.15, -0.1) is 0 Å². The Morgan fingerprint density at radius 2 is 2.06 bits per heavy atom. The molecule has 0 saturated heterocycles. The van der Waals surface area contributed by atoms with Crippen LogP contribution in [-0.4, -0.2) is 23.2 Å². The van der Waals surface area contributed by atoms with E-state index < -0.39 is 5.54 Å². The summed E-state index contributed by atoms with van der Waals surface area (Å²) >= 11 is 9.17. The molecule has 1 aromatic rings. The standard InChI is InChI=1S/C13H17BrClNO2/c1-3-13(4-2,8-17)16-12(18)9-5-6-11(15)10(14)7-9/h5-7,17H,3-4,8H2,1-2H3,(H,16,18). The second kappa shape index (κ2) is 6.55. The molecule has 1 rings (SSSR count). The molecule has 100 valence electrons. The Balaban J connectivity index is 2.90. The van der Waals surface area contributed by atoms with Crippen molar-refractivity contribution in [2.24, 2.45) is 0 Å². The molecule has 1 aromatic carbocycles. The number of aliphatic hydroxyl groups excluding tert-OH is 1. The van der Waals surface area contributed by atoms with Gasteiger partial charge >= 0.3 is 0 Å². The molecular weight excluding hydrogens is 318 g/mol. The van der Waals surface area contributed by atoms with E-state index in [-0.39, 0.29) is 12.5 Å². The number of hydrogen-bond acceptors (Lipinski definition) is 2. The summed E-state index contributed by atoms with van der Waals surface area (Å²) < 4.78 is 0.680. The van der Waals surface area contributed by atoms with Gasteiger partial charge in [-0.2, -0.15) is 0 Å². The van der Waals surface area contributed by atoms with Crippen molar-refractivity contribution >= 4 is 33.4 Å². The first-order valence-electron chi connectivity index (χ1n) is 5.86. The van der Waals surface area contributed by atoms with Gasteiger partial charge in [-0.05, 0) is 47.0 Å². The summed E-state index contributed by atoms with van der Waals surface area (Å²) in [5.74, 6) is -0.204. The molecule has 3 nitrogen and oxygen atoms in total. The number of amides is 1. The lowest BCUT2D eigenvalue weighted by Gasteiger charge is -2.30. The van der Waals surface area contributed by atoms with Gasteiger partial charge in [0.05, 0.1) is 17.2 Å². The molecule has 5 heteroatoms. The van der Waals surface area contributed by atoms with Crippen LogP contribution in [0.2, 0.25) is 5.02 Å². The minimum absolute atomic E-state index is 0.0689. The number of rotatable bonds is 5. The Hall–Kier alpha value is -0.580. The average Bonchev–Trinajstić information content (AvgIpc) is 2.39. The first kappa shape index (κ1) is 15.5. The summed E-state index contributed by atoms with van der Waals surface area (Å²) in [6.07, 6.45) is 1.36. The molecule has 1 amide bonds. The molecule has 0 aliphatic heterocycles. The van der Waals surface area contributed by atoms with Gasteiger partial charge in [0, 0.05) is 10.0 Å². The Labute approximate surface area is 121 Å². The Morgan fingerprint density at radius 1 is 1.44 bits per heavy atom. The molecule has 0 unspecified atom stereocenters. The fourth-order valence-electron chi connectivity index (χ4n) is 1.64. The SMILES string of the molecule is CCC(CC)(CO)NC(=O)c1ccc(Cl)c(Br)c1. The maximum Gasteiger partial charge on any atom is 0.251 e. The van der Waals surface area contributed by atoms with Gasteiger partial charge in [-0.25, -0.2) is 0 Å². The van der Waals surface area contributed by atoms with Crippen molar-refractivity contribution in [2.45, 2.75) is 32.2 Å². The number of carbonyl (C=O) groups excluding carboxylic acids is 1. The normalized spacial score (nSPS) is 11.4.